The summed E-state index contributed by atoms with van der Waals surface area (Å²) in [5.41, 5.74) is 2.55. The summed E-state index contributed by atoms with van der Waals surface area (Å²) in [6.45, 7) is 5.97. The minimum atomic E-state index is 0.308. The minimum Gasteiger partial charge on any atom is -0.361 e. The molecule has 1 saturated heterocycles. The van der Waals surface area contributed by atoms with E-state index < -0.39 is 0 Å². The largest absolute Gasteiger partial charge is 0.361 e. The van der Waals surface area contributed by atoms with Gasteiger partial charge in [0, 0.05) is 42.5 Å². The number of likely N-dealkylation sites (tertiary alicyclic amines) is 1. The fourth-order valence-corrected chi connectivity index (χ4v) is 3.15. The SMILES string of the molecule is CC(C)CC(=O)N1CCC(c2c[nH]c3ccccc23)C1. The van der Waals surface area contributed by atoms with Crippen LogP contribution in [0.3, 0.4) is 0 Å². The third-order valence-corrected chi connectivity index (χ3v) is 4.18. The van der Waals surface area contributed by atoms with Gasteiger partial charge in [-0.1, -0.05) is 32.0 Å². The number of benzene rings is 1. The summed E-state index contributed by atoms with van der Waals surface area (Å²) >= 11 is 0. The Labute approximate surface area is 120 Å². The van der Waals surface area contributed by atoms with Gasteiger partial charge in [-0.05, 0) is 24.0 Å². The Bertz CT molecular complexity index is 614. The fourth-order valence-electron chi connectivity index (χ4n) is 3.15. The number of hydrogen-bond acceptors (Lipinski definition) is 1. The van der Waals surface area contributed by atoms with Gasteiger partial charge in [0.05, 0.1) is 0 Å². The van der Waals surface area contributed by atoms with Crippen LogP contribution in [0.5, 0.6) is 0 Å². The van der Waals surface area contributed by atoms with Crippen LogP contribution in [0.1, 0.15) is 38.2 Å². The molecule has 1 aromatic carbocycles. The van der Waals surface area contributed by atoms with Gasteiger partial charge in [0.25, 0.3) is 0 Å². The van der Waals surface area contributed by atoms with E-state index in [0.717, 1.165) is 19.5 Å². The lowest BCUT2D eigenvalue weighted by atomic mass is 9.98. The number of carbonyl (C=O) groups excluding carboxylic acids is 1. The van der Waals surface area contributed by atoms with Crippen LogP contribution in [0.4, 0.5) is 0 Å². The van der Waals surface area contributed by atoms with E-state index in [1.54, 1.807) is 0 Å². The standard InChI is InChI=1S/C17H22N2O/c1-12(2)9-17(20)19-8-7-13(11-19)15-10-18-16-6-4-3-5-14(15)16/h3-6,10,12-13,18H,7-9,11H2,1-2H3. The highest BCUT2D eigenvalue weighted by Crippen LogP contribution is 2.32. The summed E-state index contributed by atoms with van der Waals surface area (Å²) in [6.07, 6.45) is 3.86. The molecule has 106 valence electrons. The van der Waals surface area contributed by atoms with Crippen LogP contribution in [-0.2, 0) is 4.79 Å². The van der Waals surface area contributed by atoms with E-state index in [-0.39, 0.29) is 0 Å². The van der Waals surface area contributed by atoms with Crippen LogP contribution in [0.2, 0.25) is 0 Å². The molecule has 1 aromatic heterocycles. The normalized spacial score (nSPS) is 19.1. The fraction of sp³-hybridized carbons (Fsp3) is 0.471. The molecule has 1 atom stereocenters. The molecule has 1 N–H and O–H groups in total. The van der Waals surface area contributed by atoms with Gasteiger partial charge in [-0.2, -0.15) is 0 Å². The molecule has 0 saturated carbocycles. The molecule has 1 aliphatic heterocycles. The Hall–Kier alpha value is -1.77. The Morgan fingerprint density at radius 2 is 2.20 bits per heavy atom. The Morgan fingerprint density at radius 1 is 1.40 bits per heavy atom. The Balaban J connectivity index is 1.75. The van der Waals surface area contributed by atoms with Crippen molar-refractivity contribution >= 4 is 16.8 Å². The maximum Gasteiger partial charge on any atom is 0.222 e. The molecular weight excluding hydrogens is 248 g/mol. The lowest BCUT2D eigenvalue weighted by molar-refractivity contribution is -0.130. The number of para-hydroxylation sites is 1. The molecule has 0 spiro atoms. The summed E-state index contributed by atoms with van der Waals surface area (Å²) < 4.78 is 0. The molecule has 1 aliphatic rings. The van der Waals surface area contributed by atoms with E-state index in [1.165, 1.54) is 16.5 Å². The highest BCUT2D eigenvalue weighted by atomic mass is 16.2. The number of aromatic amines is 1. The molecule has 0 aliphatic carbocycles. The first-order valence-corrected chi connectivity index (χ1v) is 7.49. The average Bonchev–Trinajstić information content (AvgIpc) is 3.04. The molecule has 20 heavy (non-hydrogen) atoms. The van der Waals surface area contributed by atoms with E-state index in [9.17, 15) is 4.79 Å². The number of nitrogens with zero attached hydrogens (tertiary/aromatic N) is 1. The van der Waals surface area contributed by atoms with Crippen molar-refractivity contribution in [3.05, 3.63) is 36.0 Å². The van der Waals surface area contributed by atoms with Crippen LogP contribution >= 0.6 is 0 Å². The van der Waals surface area contributed by atoms with Crippen molar-refractivity contribution in [1.29, 1.82) is 0 Å². The molecule has 3 nitrogen and oxygen atoms in total. The van der Waals surface area contributed by atoms with Gasteiger partial charge in [0.1, 0.15) is 0 Å². The summed E-state index contributed by atoms with van der Waals surface area (Å²) in [5.74, 6) is 1.22. The van der Waals surface area contributed by atoms with Crippen molar-refractivity contribution in [2.45, 2.75) is 32.6 Å². The number of carbonyl (C=O) groups is 1. The third kappa shape index (κ3) is 2.45. The van der Waals surface area contributed by atoms with Gasteiger partial charge >= 0.3 is 0 Å². The molecule has 1 amide bonds. The van der Waals surface area contributed by atoms with Gasteiger partial charge in [-0.3, -0.25) is 4.79 Å². The third-order valence-electron chi connectivity index (χ3n) is 4.18. The molecule has 0 bridgehead atoms. The molecule has 1 fully saturated rings. The Morgan fingerprint density at radius 3 is 3.00 bits per heavy atom. The maximum absolute atomic E-state index is 12.2. The van der Waals surface area contributed by atoms with Crippen LogP contribution in [-0.4, -0.2) is 28.9 Å². The van der Waals surface area contributed by atoms with E-state index >= 15 is 0 Å². The minimum absolute atomic E-state index is 0.308. The van der Waals surface area contributed by atoms with E-state index in [4.69, 9.17) is 0 Å². The number of nitrogens with one attached hydrogen (secondary N) is 1. The maximum atomic E-state index is 12.2. The number of hydrogen-bond donors (Lipinski definition) is 1. The van der Waals surface area contributed by atoms with Gasteiger partial charge in [-0.25, -0.2) is 0 Å². The highest BCUT2D eigenvalue weighted by Gasteiger charge is 2.28. The zero-order valence-corrected chi connectivity index (χ0v) is 12.2. The molecule has 1 unspecified atom stereocenters. The van der Waals surface area contributed by atoms with E-state index in [0.29, 0.717) is 24.2 Å². The van der Waals surface area contributed by atoms with Crippen LogP contribution in [0, 0.1) is 5.92 Å². The van der Waals surface area contributed by atoms with Gasteiger partial charge in [0.2, 0.25) is 5.91 Å². The van der Waals surface area contributed by atoms with Crippen molar-refractivity contribution in [2.75, 3.05) is 13.1 Å². The lowest BCUT2D eigenvalue weighted by Crippen LogP contribution is -2.29. The number of aromatic nitrogens is 1. The van der Waals surface area contributed by atoms with Crippen LogP contribution in [0.25, 0.3) is 10.9 Å². The molecule has 3 rings (SSSR count). The zero-order chi connectivity index (χ0) is 14.1. The Kier molecular flexibility index (Phi) is 3.51. The van der Waals surface area contributed by atoms with Crippen molar-refractivity contribution in [3.63, 3.8) is 0 Å². The number of rotatable bonds is 3. The monoisotopic (exact) mass is 270 g/mol. The molecule has 3 heteroatoms. The second-order valence-corrected chi connectivity index (χ2v) is 6.21. The van der Waals surface area contributed by atoms with Crippen molar-refractivity contribution < 1.29 is 4.79 Å². The van der Waals surface area contributed by atoms with Crippen molar-refractivity contribution in [2.24, 2.45) is 5.92 Å². The first kappa shape index (κ1) is 13.2. The van der Waals surface area contributed by atoms with Gasteiger partial charge < -0.3 is 9.88 Å². The quantitative estimate of drug-likeness (QED) is 0.910. The molecule has 2 aromatic rings. The first-order valence-electron chi connectivity index (χ1n) is 7.49. The second-order valence-electron chi connectivity index (χ2n) is 6.21. The smallest absolute Gasteiger partial charge is 0.222 e. The molecule has 2 heterocycles. The molecular formula is C17H22N2O. The van der Waals surface area contributed by atoms with E-state index in [2.05, 4.69) is 49.3 Å². The van der Waals surface area contributed by atoms with Crippen molar-refractivity contribution in [3.8, 4) is 0 Å². The first-order chi connectivity index (χ1) is 9.65. The lowest BCUT2D eigenvalue weighted by Gasteiger charge is -2.17. The van der Waals surface area contributed by atoms with Gasteiger partial charge in [-0.15, -0.1) is 0 Å². The van der Waals surface area contributed by atoms with Gasteiger partial charge in [0.15, 0.2) is 0 Å². The molecule has 0 radical (unpaired) electrons. The van der Waals surface area contributed by atoms with Crippen LogP contribution in [0.15, 0.2) is 30.5 Å². The summed E-state index contributed by atoms with van der Waals surface area (Å²) in [6, 6.07) is 8.40. The topological polar surface area (TPSA) is 36.1 Å². The number of fused-ring (bicyclic) bond motifs is 1. The predicted molar refractivity (Wildman–Crippen MR) is 81.7 cm³/mol. The second kappa shape index (κ2) is 5.31. The summed E-state index contributed by atoms with van der Waals surface area (Å²) in [5, 5.41) is 1.30. The summed E-state index contributed by atoms with van der Waals surface area (Å²) in [7, 11) is 0. The number of amides is 1. The number of H-pyrrole nitrogens is 1. The van der Waals surface area contributed by atoms with Crippen molar-refractivity contribution in [1.82, 2.24) is 9.88 Å². The predicted octanol–water partition coefficient (Wildman–Crippen LogP) is 3.53. The summed E-state index contributed by atoms with van der Waals surface area (Å²) in [4.78, 5) is 17.5. The van der Waals surface area contributed by atoms with Crippen LogP contribution < -0.4 is 0 Å². The van der Waals surface area contributed by atoms with E-state index in [1.807, 2.05) is 4.90 Å². The average molecular weight is 270 g/mol. The highest BCUT2D eigenvalue weighted by molar-refractivity contribution is 5.84. The zero-order valence-electron chi connectivity index (χ0n) is 12.2.